The van der Waals surface area contributed by atoms with E-state index in [4.69, 9.17) is 11.6 Å². The molecule has 3 N–H and O–H groups in total. The molecule has 0 unspecified atom stereocenters. The number of benzene rings is 1. The molecule has 0 saturated heterocycles. The van der Waals surface area contributed by atoms with E-state index in [1.165, 1.54) is 19.3 Å². The standard InChI is InChI=1S/C18H26ClN3O2/c19-16-9-5-4-8-15(16)13-22-18(24)21-11-10-20-17(23)12-14-6-2-1-3-7-14/h4-5,8-9,14H,1-3,6-7,10-13H2,(H,20,23)(H2,21,22,24). The number of halogens is 1. The van der Waals surface area contributed by atoms with Crippen LogP contribution in [0.4, 0.5) is 4.79 Å². The summed E-state index contributed by atoms with van der Waals surface area (Å²) >= 11 is 6.03. The van der Waals surface area contributed by atoms with E-state index in [1.807, 2.05) is 18.2 Å². The van der Waals surface area contributed by atoms with Gasteiger partial charge in [0.1, 0.15) is 0 Å². The third-order valence-corrected chi connectivity index (χ3v) is 4.70. The molecule has 0 bridgehead atoms. The first kappa shape index (κ1) is 18.6. The predicted molar refractivity (Wildman–Crippen MR) is 95.9 cm³/mol. The highest BCUT2D eigenvalue weighted by atomic mass is 35.5. The molecule has 1 aliphatic rings. The quantitative estimate of drug-likeness (QED) is 0.660. The minimum absolute atomic E-state index is 0.0835. The molecule has 2 rings (SSSR count). The number of urea groups is 1. The second-order valence-electron chi connectivity index (χ2n) is 6.26. The second-order valence-corrected chi connectivity index (χ2v) is 6.67. The Kier molecular flexibility index (Phi) is 7.89. The number of carbonyl (C=O) groups is 2. The van der Waals surface area contributed by atoms with Gasteiger partial charge in [-0.15, -0.1) is 0 Å². The third-order valence-electron chi connectivity index (χ3n) is 4.33. The number of hydrogen-bond donors (Lipinski definition) is 3. The first-order valence-electron chi connectivity index (χ1n) is 8.67. The van der Waals surface area contributed by atoms with Crippen LogP contribution in [0, 0.1) is 5.92 Å². The maximum atomic E-state index is 11.9. The van der Waals surface area contributed by atoms with Crippen molar-refractivity contribution in [1.29, 1.82) is 0 Å². The maximum Gasteiger partial charge on any atom is 0.315 e. The molecule has 24 heavy (non-hydrogen) atoms. The van der Waals surface area contributed by atoms with Gasteiger partial charge in [-0.1, -0.05) is 49.1 Å². The van der Waals surface area contributed by atoms with Gasteiger partial charge >= 0.3 is 6.03 Å². The molecule has 5 nitrogen and oxygen atoms in total. The maximum absolute atomic E-state index is 11.9. The molecule has 1 aliphatic carbocycles. The number of carbonyl (C=O) groups excluding carboxylic acids is 2. The van der Waals surface area contributed by atoms with Gasteiger partial charge in [0.15, 0.2) is 0 Å². The average Bonchev–Trinajstić information content (AvgIpc) is 2.59. The zero-order valence-corrected chi connectivity index (χ0v) is 14.7. The van der Waals surface area contributed by atoms with Gasteiger partial charge in [-0.3, -0.25) is 4.79 Å². The highest BCUT2D eigenvalue weighted by Gasteiger charge is 2.16. The fraction of sp³-hybridized carbons (Fsp3) is 0.556. The van der Waals surface area contributed by atoms with Crippen LogP contribution in [0.1, 0.15) is 44.1 Å². The Morgan fingerprint density at radius 1 is 1.00 bits per heavy atom. The normalized spacial score (nSPS) is 14.9. The van der Waals surface area contributed by atoms with E-state index in [0.29, 0.717) is 37.0 Å². The van der Waals surface area contributed by atoms with Crippen molar-refractivity contribution in [2.75, 3.05) is 13.1 Å². The molecule has 1 aromatic carbocycles. The summed E-state index contributed by atoms with van der Waals surface area (Å²) in [6.07, 6.45) is 6.71. The molecule has 0 atom stereocenters. The highest BCUT2D eigenvalue weighted by molar-refractivity contribution is 6.31. The van der Waals surface area contributed by atoms with E-state index in [0.717, 1.165) is 18.4 Å². The Morgan fingerprint density at radius 3 is 2.46 bits per heavy atom. The smallest absolute Gasteiger partial charge is 0.315 e. The second kappa shape index (κ2) is 10.2. The molecule has 0 aliphatic heterocycles. The highest BCUT2D eigenvalue weighted by Crippen LogP contribution is 2.25. The fourth-order valence-electron chi connectivity index (χ4n) is 2.98. The summed E-state index contributed by atoms with van der Waals surface area (Å²) in [5.74, 6) is 0.616. The molecule has 3 amide bonds. The Balaban J connectivity index is 1.54. The van der Waals surface area contributed by atoms with Gasteiger partial charge in [-0.05, 0) is 30.4 Å². The molecule has 6 heteroatoms. The van der Waals surface area contributed by atoms with Crippen LogP contribution in [0.2, 0.25) is 5.02 Å². The van der Waals surface area contributed by atoms with E-state index >= 15 is 0 Å². The molecule has 1 fully saturated rings. The van der Waals surface area contributed by atoms with E-state index < -0.39 is 0 Å². The lowest BCUT2D eigenvalue weighted by Crippen LogP contribution is -2.40. The number of rotatable bonds is 7. The molecular weight excluding hydrogens is 326 g/mol. The lowest BCUT2D eigenvalue weighted by atomic mass is 9.87. The Labute approximate surface area is 148 Å². The molecule has 0 aromatic heterocycles. The number of hydrogen-bond acceptors (Lipinski definition) is 2. The molecule has 1 aromatic rings. The van der Waals surface area contributed by atoms with Gasteiger partial charge in [-0.2, -0.15) is 0 Å². The molecule has 0 radical (unpaired) electrons. The van der Waals surface area contributed by atoms with Crippen molar-refractivity contribution in [3.8, 4) is 0 Å². The lowest BCUT2D eigenvalue weighted by Gasteiger charge is -2.20. The summed E-state index contributed by atoms with van der Waals surface area (Å²) in [4.78, 5) is 23.6. The Morgan fingerprint density at radius 2 is 1.71 bits per heavy atom. The van der Waals surface area contributed by atoms with E-state index in [9.17, 15) is 9.59 Å². The van der Waals surface area contributed by atoms with Crippen molar-refractivity contribution in [1.82, 2.24) is 16.0 Å². The van der Waals surface area contributed by atoms with Crippen LogP contribution in [-0.2, 0) is 11.3 Å². The van der Waals surface area contributed by atoms with Gasteiger partial charge in [-0.25, -0.2) is 4.79 Å². The largest absolute Gasteiger partial charge is 0.354 e. The topological polar surface area (TPSA) is 70.2 Å². The predicted octanol–water partition coefficient (Wildman–Crippen LogP) is 3.23. The van der Waals surface area contributed by atoms with Crippen molar-refractivity contribution in [2.45, 2.75) is 45.1 Å². The molecule has 0 spiro atoms. The first-order chi connectivity index (χ1) is 11.6. The van der Waals surface area contributed by atoms with E-state index in [1.54, 1.807) is 6.07 Å². The Bertz CT molecular complexity index is 545. The number of amides is 3. The Hall–Kier alpha value is -1.75. The summed E-state index contributed by atoms with van der Waals surface area (Å²) in [6, 6.07) is 7.12. The zero-order valence-electron chi connectivity index (χ0n) is 13.9. The summed E-state index contributed by atoms with van der Waals surface area (Å²) in [5.41, 5.74) is 0.870. The summed E-state index contributed by atoms with van der Waals surface area (Å²) < 4.78 is 0. The van der Waals surface area contributed by atoms with Crippen LogP contribution < -0.4 is 16.0 Å². The molecular formula is C18H26ClN3O2. The lowest BCUT2D eigenvalue weighted by molar-refractivity contribution is -0.122. The summed E-state index contributed by atoms with van der Waals surface area (Å²) in [5, 5.41) is 8.97. The van der Waals surface area contributed by atoms with Gasteiger partial charge in [0, 0.05) is 31.1 Å². The van der Waals surface area contributed by atoms with Crippen molar-refractivity contribution in [3.63, 3.8) is 0 Å². The van der Waals surface area contributed by atoms with Crippen molar-refractivity contribution in [2.24, 2.45) is 5.92 Å². The molecule has 132 valence electrons. The first-order valence-corrected chi connectivity index (χ1v) is 9.05. The molecule has 0 heterocycles. The van der Waals surface area contributed by atoms with Gasteiger partial charge in [0.25, 0.3) is 0 Å². The van der Waals surface area contributed by atoms with Crippen molar-refractivity contribution in [3.05, 3.63) is 34.9 Å². The van der Waals surface area contributed by atoms with Crippen molar-refractivity contribution < 1.29 is 9.59 Å². The van der Waals surface area contributed by atoms with Gasteiger partial charge < -0.3 is 16.0 Å². The van der Waals surface area contributed by atoms with Crippen LogP contribution in [0.5, 0.6) is 0 Å². The number of nitrogens with one attached hydrogen (secondary N) is 3. The summed E-state index contributed by atoms with van der Waals surface area (Å²) in [7, 11) is 0. The van der Waals surface area contributed by atoms with Crippen LogP contribution in [0.15, 0.2) is 24.3 Å². The minimum Gasteiger partial charge on any atom is -0.354 e. The van der Waals surface area contributed by atoms with Crippen LogP contribution in [-0.4, -0.2) is 25.0 Å². The van der Waals surface area contributed by atoms with Gasteiger partial charge in [0.2, 0.25) is 5.91 Å². The zero-order chi connectivity index (χ0) is 17.2. The van der Waals surface area contributed by atoms with Gasteiger partial charge in [0.05, 0.1) is 0 Å². The fourth-order valence-corrected chi connectivity index (χ4v) is 3.19. The minimum atomic E-state index is -0.267. The SMILES string of the molecule is O=C(CC1CCCCC1)NCCNC(=O)NCc1ccccc1Cl. The monoisotopic (exact) mass is 351 g/mol. The van der Waals surface area contributed by atoms with E-state index in [2.05, 4.69) is 16.0 Å². The van der Waals surface area contributed by atoms with Crippen LogP contribution in [0.3, 0.4) is 0 Å². The van der Waals surface area contributed by atoms with Crippen LogP contribution >= 0.6 is 11.6 Å². The van der Waals surface area contributed by atoms with Crippen LogP contribution in [0.25, 0.3) is 0 Å². The van der Waals surface area contributed by atoms with E-state index in [-0.39, 0.29) is 11.9 Å². The molecule has 1 saturated carbocycles. The average molecular weight is 352 g/mol. The summed E-state index contributed by atoms with van der Waals surface area (Å²) in [6.45, 7) is 1.23. The third kappa shape index (κ3) is 6.79. The van der Waals surface area contributed by atoms with Crippen molar-refractivity contribution >= 4 is 23.5 Å².